The molecule has 2 aromatic rings. The van der Waals surface area contributed by atoms with Crippen molar-refractivity contribution < 1.29 is 4.39 Å². The summed E-state index contributed by atoms with van der Waals surface area (Å²) < 4.78 is 16.7. The normalized spacial score (nSPS) is 15.8. The van der Waals surface area contributed by atoms with Gasteiger partial charge in [-0.3, -0.25) is 9.69 Å². The molecule has 1 aliphatic rings. The summed E-state index contributed by atoms with van der Waals surface area (Å²) in [6, 6.07) is 1.93. The summed E-state index contributed by atoms with van der Waals surface area (Å²) in [7, 11) is 0. The fourth-order valence-corrected chi connectivity index (χ4v) is 3.33. The number of likely N-dealkylation sites (tertiary alicyclic amines) is 1. The molecule has 4 heteroatoms. The lowest BCUT2D eigenvalue weighted by molar-refractivity contribution is 0.329. The minimum atomic E-state index is -0.356. The van der Waals surface area contributed by atoms with Crippen molar-refractivity contribution in [3.63, 3.8) is 0 Å². The van der Waals surface area contributed by atoms with E-state index in [0.29, 0.717) is 23.2 Å². The first-order valence-electron chi connectivity index (χ1n) is 8.07. The fraction of sp³-hybridized carbons (Fsp3) is 0.500. The van der Waals surface area contributed by atoms with Crippen molar-refractivity contribution in [1.29, 1.82) is 0 Å². The van der Waals surface area contributed by atoms with Crippen LogP contribution in [0.1, 0.15) is 36.5 Å². The summed E-state index contributed by atoms with van der Waals surface area (Å²) in [5.74, 6) is -0.356. The molecule has 0 unspecified atom stereocenters. The molecule has 1 fully saturated rings. The molecule has 118 valence electrons. The van der Waals surface area contributed by atoms with E-state index in [-0.39, 0.29) is 16.6 Å². The highest BCUT2D eigenvalue weighted by Gasteiger charge is 2.19. The lowest BCUT2D eigenvalue weighted by Gasteiger charge is -2.18. The number of pyridine rings is 1. The van der Waals surface area contributed by atoms with Gasteiger partial charge in [0.15, 0.2) is 5.43 Å². The first-order valence-corrected chi connectivity index (χ1v) is 8.07. The SMILES string of the molecule is CCn1cc(CN2CCCC2)c(=O)c2c(F)c(C)c(C)cc21. The Labute approximate surface area is 130 Å². The molecular weight excluding hydrogens is 279 g/mol. The van der Waals surface area contributed by atoms with Gasteiger partial charge in [-0.2, -0.15) is 0 Å². The molecule has 22 heavy (non-hydrogen) atoms. The Bertz CT molecular complexity index is 773. The van der Waals surface area contributed by atoms with E-state index in [9.17, 15) is 9.18 Å². The Kier molecular flexibility index (Phi) is 4.04. The molecule has 0 amide bonds. The summed E-state index contributed by atoms with van der Waals surface area (Å²) in [6.45, 7) is 9.06. The number of hydrogen-bond donors (Lipinski definition) is 0. The van der Waals surface area contributed by atoms with Crippen molar-refractivity contribution in [3.8, 4) is 0 Å². The molecule has 0 N–H and O–H groups in total. The first-order chi connectivity index (χ1) is 10.5. The zero-order valence-corrected chi connectivity index (χ0v) is 13.6. The zero-order chi connectivity index (χ0) is 15.9. The lowest BCUT2D eigenvalue weighted by Crippen LogP contribution is -2.25. The summed E-state index contributed by atoms with van der Waals surface area (Å²) >= 11 is 0. The van der Waals surface area contributed by atoms with Gasteiger partial charge in [-0.15, -0.1) is 0 Å². The van der Waals surface area contributed by atoms with Crippen LogP contribution < -0.4 is 5.43 Å². The minimum Gasteiger partial charge on any atom is -0.347 e. The molecule has 3 rings (SSSR count). The van der Waals surface area contributed by atoms with Crippen LogP contribution in [0.25, 0.3) is 10.9 Å². The Hall–Kier alpha value is -1.68. The predicted molar refractivity (Wildman–Crippen MR) is 87.8 cm³/mol. The second-order valence-electron chi connectivity index (χ2n) is 6.28. The van der Waals surface area contributed by atoms with Gasteiger partial charge < -0.3 is 4.57 Å². The molecule has 2 heterocycles. The molecule has 0 bridgehead atoms. The monoisotopic (exact) mass is 302 g/mol. The highest BCUT2D eigenvalue weighted by atomic mass is 19.1. The minimum absolute atomic E-state index is 0.146. The van der Waals surface area contributed by atoms with E-state index in [1.54, 1.807) is 6.92 Å². The van der Waals surface area contributed by atoms with Crippen LogP contribution in [-0.4, -0.2) is 22.6 Å². The molecule has 0 atom stereocenters. The Morgan fingerprint density at radius 2 is 1.91 bits per heavy atom. The Morgan fingerprint density at radius 1 is 1.23 bits per heavy atom. The Balaban J connectivity index is 2.22. The summed E-state index contributed by atoms with van der Waals surface area (Å²) in [5, 5.41) is 0.252. The highest BCUT2D eigenvalue weighted by molar-refractivity contribution is 5.82. The maximum Gasteiger partial charge on any atom is 0.196 e. The number of nitrogens with zero attached hydrogens (tertiary/aromatic N) is 2. The molecule has 0 radical (unpaired) electrons. The number of aryl methyl sites for hydroxylation is 2. The molecular formula is C18H23FN2O. The number of hydrogen-bond acceptors (Lipinski definition) is 2. The average Bonchev–Trinajstić information content (AvgIpc) is 3.00. The average molecular weight is 302 g/mol. The molecule has 1 aromatic heterocycles. The van der Waals surface area contributed by atoms with Crippen LogP contribution >= 0.6 is 0 Å². The number of halogens is 1. The van der Waals surface area contributed by atoms with Gasteiger partial charge in [-0.05, 0) is 63.9 Å². The van der Waals surface area contributed by atoms with Crippen LogP contribution in [0.3, 0.4) is 0 Å². The first kappa shape index (κ1) is 15.2. The van der Waals surface area contributed by atoms with E-state index in [0.717, 1.165) is 25.2 Å². The van der Waals surface area contributed by atoms with Crippen LogP contribution in [0, 0.1) is 19.7 Å². The van der Waals surface area contributed by atoms with Gasteiger partial charge in [-0.25, -0.2) is 4.39 Å². The molecule has 1 saturated heterocycles. The maximum absolute atomic E-state index is 14.7. The van der Waals surface area contributed by atoms with Crippen LogP contribution in [0.5, 0.6) is 0 Å². The van der Waals surface area contributed by atoms with E-state index >= 15 is 0 Å². The largest absolute Gasteiger partial charge is 0.347 e. The smallest absolute Gasteiger partial charge is 0.196 e. The van der Waals surface area contributed by atoms with Crippen LogP contribution in [0.2, 0.25) is 0 Å². The molecule has 0 aliphatic carbocycles. The number of rotatable bonds is 3. The quantitative estimate of drug-likeness (QED) is 0.868. The molecule has 0 saturated carbocycles. The summed E-state index contributed by atoms with van der Waals surface area (Å²) in [5.41, 5.74) is 2.73. The van der Waals surface area contributed by atoms with Crippen LogP contribution in [0.4, 0.5) is 4.39 Å². The standard InChI is InChI=1S/C18H23FN2O/c1-4-21-11-14(10-20-7-5-6-8-20)18(22)16-15(21)9-12(2)13(3)17(16)19/h9,11H,4-8,10H2,1-3H3. The molecule has 3 nitrogen and oxygen atoms in total. The number of fused-ring (bicyclic) bond motifs is 1. The summed E-state index contributed by atoms with van der Waals surface area (Å²) in [4.78, 5) is 15.1. The highest BCUT2D eigenvalue weighted by Crippen LogP contribution is 2.23. The van der Waals surface area contributed by atoms with E-state index < -0.39 is 0 Å². The molecule has 0 spiro atoms. The van der Waals surface area contributed by atoms with Crippen molar-refractivity contribution in [2.24, 2.45) is 0 Å². The van der Waals surface area contributed by atoms with Crippen molar-refractivity contribution in [2.45, 2.75) is 46.7 Å². The van der Waals surface area contributed by atoms with Crippen molar-refractivity contribution in [1.82, 2.24) is 9.47 Å². The summed E-state index contributed by atoms with van der Waals surface area (Å²) in [6.07, 6.45) is 4.28. The second-order valence-corrected chi connectivity index (χ2v) is 6.28. The Morgan fingerprint density at radius 3 is 2.55 bits per heavy atom. The third-order valence-electron chi connectivity index (χ3n) is 4.82. The van der Waals surface area contributed by atoms with Crippen LogP contribution in [-0.2, 0) is 13.1 Å². The predicted octanol–water partition coefficient (Wildman–Crippen LogP) is 3.37. The van der Waals surface area contributed by atoms with Crippen molar-refractivity contribution in [2.75, 3.05) is 13.1 Å². The number of benzene rings is 1. The lowest BCUT2D eigenvalue weighted by atomic mass is 10.0. The van der Waals surface area contributed by atoms with Crippen LogP contribution in [0.15, 0.2) is 17.1 Å². The van der Waals surface area contributed by atoms with Gasteiger partial charge in [0.05, 0.1) is 10.9 Å². The van der Waals surface area contributed by atoms with Crippen molar-refractivity contribution in [3.05, 3.63) is 45.0 Å². The van der Waals surface area contributed by atoms with Gasteiger partial charge in [0.25, 0.3) is 0 Å². The van der Waals surface area contributed by atoms with Gasteiger partial charge in [0, 0.05) is 24.8 Å². The van der Waals surface area contributed by atoms with E-state index in [4.69, 9.17) is 0 Å². The maximum atomic E-state index is 14.7. The third kappa shape index (κ3) is 2.45. The molecule has 1 aliphatic heterocycles. The van der Waals surface area contributed by atoms with Crippen molar-refractivity contribution >= 4 is 10.9 Å². The molecule has 1 aromatic carbocycles. The number of aromatic nitrogens is 1. The van der Waals surface area contributed by atoms with Gasteiger partial charge in [-0.1, -0.05) is 0 Å². The fourth-order valence-electron chi connectivity index (χ4n) is 3.33. The second kappa shape index (κ2) is 5.84. The third-order valence-corrected chi connectivity index (χ3v) is 4.82. The van der Waals surface area contributed by atoms with Gasteiger partial charge >= 0.3 is 0 Å². The van der Waals surface area contributed by atoms with E-state index in [1.807, 2.05) is 30.7 Å². The van der Waals surface area contributed by atoms with Gasteiger partial charge in [0.2, 0.25) is 0 Å². The van der Waals surface area contributed by atoms with E-state index in [2.05, 4.69) is 4.90 Å². The topological polar surface area (TPSA) is 25.2 Å². The van der Waals surface area contributed by atoms with E-state index in [1.165, 1.54) is 12.8 Å². The van der Waals surface area contributed by atoms with Gasteiger partial charge in [0.1, 0.15) is 5.82 Å². The zero-order valence-electron chi connectivity index (χ0n) is 13.6.